The number of rotatable bonds is 1. The molecule has 0 atom stereocenters. The Morgan fingerprint density at radius 1 is 1.18 bits per heavy atom. The maximum atomic E-state index is 5.57. The molecular weight excluding hydrogens is 142 g/mol. The summed E-state index contributed by atoms with van der Waals surface area (Å²) in [6.45, 7) is 7.91. The molecule has 66 valence electrons. The molecule has 1 heterocycles. The molecule has 0 aliphatic carbocycles. The monoisotopic (exact) mass is 159 g/mol. The normalized spacial score (nSPS) is 28.4. The summed E-state index contributed by atoms with van der Waals surface area (Å²) in [7, 11) is 0. The third kappa shape index (κ3) is 2.15. The summed E-state index contributed by atoms with van der Waals surface area (Å²) in [6.07, 6.45) is 0. The second-order valence-corrected chi connectivity index (χ2v) is 3.99. The summed E-state index contributed by atoms with van der Waals surface area (Å²) < 4.78 is 10.9. The van der Waals surface area contributed by atoms with E-state index in [1.54, 1.807) is 0 Å². The van der Waals surface area contributed by atoms with Gasteiger partial charge in [0.1, 0.15) is 0 Å². The molecule has 2 N–H and O–H groups in total. The van der Waals surface area contributed by atoms with E-state index in [0.717, 1.165) is 0 Å². The first-order chi connectivity index (χ1) is 4.97. The van der Waals surface area contributed by atoms with Crippen molar-refractivity contribution in [3.63, 3.8) is 0 Å². The Bertz CT molecular complexity index is 135. The van der Waals surface area contributed by atoms with Crippen LogP contribution in [0.25, 0.3) is 0 Å². The summed E-state index contributed by atoms with van der Waals surface area (Å²) in [5.74, 6) is -0.422. The van der Waals surface area contributed by atoms with Crippen molar-refractivity contribution in [1.29, 1.82) is 0 Å². The molecule has 1 aliphatic rings. The van der Waals surface area contributed by atoms with Crippen LogP contribution in [0, 0.1) is 5.41 Å². The maximum absolute atomic E-state index is 5.57. The first kappa shape index (κ1) is 8.97. The molecule has 0 aromatic rings. The van der Waals surface area contributed by atoms with E-state index in [9.17, 15) is 0 Å². The number of nitrogens with two attached hydrogens (primary N) is 1. The smallest absolute Gasteiger partial charge is 0.162 e. The molecule has 0 saturated carbocycles. The fraction of sp³-hybridized carbons (Fsp3) is 1.00. The minimum absolute atomic E-state index is 0.00944. The molecule has 0 bridgehead atoms. The van der Waals surface area contributed by atoms with E-state index in [1.807, 2.05) is 13.8 Å². The van der Waals surface area contributed by atoms with Crippen LogP contribution in [0.4, 0.5) is 0 Å². The summed E-state index contributed by atoms with van der Waals surface area (Å²) >= 11 is 0. The van der Waals surface area contributed by atoms with Gasteiger partial charge in [0.2, 0.25) is 0 Å². The fourth-order valence-corrected chi connectivity index (χ4v) is 0.897. The summed E-state index contributed by atoms with van der Waals surface area (Å²) in [5, 5.41) is 0. The van der Waals surface area contributed by atoms with Crippen LogP contribution in [0.3, 0.4) is 0 Å². The summed E-state index contributed by atoms with van der Waals surface area (Å²) in [5.41, 5.74) is 5.58. The minimum atomic E-state index is -0.422. The second kappa shape index (κ2) is 2.73. The topological polar surface area (TPSA) is 44.5 Å². The van der Waals surface area contributed by atoms with Gasteiger partial charge in [-0.1, -0.05) is 6.92 Å². The number of hydrogen-bond acceptors (Lipinski definition) is 3. The van der Waals surface area contributed by atoms with Crippen LogP contribution in [-0.4, -0.2) is 25.5 Å². The highest BCUT2D eigenvalue weighted by Gasteiger charge is 2.35. The van der Waals surface area contributed by atoms with E-state index in [-0.39, 0.29) is 5.41 Å². The van der Waals surface area contributed by atoms with E-state index in [0.29, 0.717) is 19.8 Å². The average molecular weight is 159 g/mol. The van der Waals surface area contributed by atoms with Gasteiger partial charge in [0.05, 0.1) is 13.2 Å². The lowest BCUT2D eigenvalue weighted by atomic mass is 9.92. The molecule has 0 radical (unpaired) electrons. The Balaban J connectivity index is 2.48. The van der Waals surface area contributed by atoms with Gasteiger partial charge >= 0.3 is 0 Å². The van der Waals surface area contributed by atoms with Gasteiger partial charge in [0.25, 0.3) is 0 Å². The molecule has 0 unspecified atom stereocenters. The molecule has 0 aromatic heterocycles. The van der Waals surface area contributed by atoms with Gasteiger partial charge in [0.15, 0.2) is 5.79 Å². The highest BCUT2D eigenvalue weighted by molar-refractivity contribution is 4.79. The molecule has 1 fully saturated rings. The molecule has 1 aliphatic heterocycles. The minimum Gasteiger partial charge on any atom is -0.350 e. The van der Waals surface area contributed by atoms with Crippen LogP contribution >= 0.6 is 0 Å². The molecule has 3 nitrogen and oxygen atoms in total. The Morgan fingerprint density at radius 2 is 1.64 bits per heavy atom. The van der Waals surface area contributed by atoms with Crippen LogP contribution < -0.4 is 5.73 Å². The number of hydrogen-bond donors (Lipinski definition) is 1. The zero-order valence-corrected chi connectivity index (χ0v) is 7.52. The third-order valence-electron chi connectivity index (χ3n) is 2.03. The van der Waals surface area contributed by atoms with E-state index < -0.39 is 5.79 Å². The molecule has 0 amide bonds. The van der Waals surface area contributed by atoms with E-state index >= 15 is 0 Å². The predicted octanol–water partition coefficient (Wildman–Crippen LogP) is 0.734. The average Bonchev–Trinajstić information content (AvgIpc) is 1.97. The zero-order valence-electron chi connectivity index (χ0n) is 7.52. The van der Waals surface area contributed by atoms with Gasteiger partial charge in [-0.2, -0.15) is 0 Å². The highest BCUT2D eigenvalue weighted by atomic mass is 16.7. The molecule has 3 heteroatoms. The Kier molecular flexibility index (Phi) is 2.23. The Morgan fingerprint density at radius 3 is 2.00 bits per heavy atom. The predicted molar refractivity (Wildman–Crippen MR) is 43.1 cm³/mol. The van der Waals surface area contributed by atoms with Crippen molar-refractivity contribution in [2.75, 3.05) is 19.8 Å². The van der Waals surface area contributed by atoms with Crippen molar-refractivity contribution < 1.29 is 9.47 Å². The van der Waals surface area contributed by atoms with E-state index in [1.165, 1.54) is 0 Å². The van der Waals surface area contributed by atoms with Crippen LogP contribution in [-0.2, 0) is 9.47 Å². The SMILES string of the molecule is CC1(CN)COC(C)(C)OC1. The first-order valence-electron chi connectivity index (χ1n) is 3.95. The van der Waals surface area contributed by atoms with Gasteiger partial charge in [-0.25, -0.2) is 0 Å². The first-order valence-corrected chi connectivity index (χ1v) is 3.95. The van der Waals surface area contributed by atoms with E-state index in [2.05, 4.69) is 6.92 Å². The van der Waals surface area contributed by atoms with Gasteiger partial charge < -0.3 is 15.2 Å². The zero-order chi connectivity index (χ0) is 8.54. The maximum Gasteiger partial charge on any atom is 0.162 e. The summed E-state index contributed by atoms with van der Waals surface area (Å²) in [4.78, 5) is 0. The van der Waals surface area contributed by atoms with Crippen LogP contribution in [0.1, 0.15) is 20.8 Å². The van der Waals surface area contributed by atoms with Crippen molar-refractivity contribution in [3.8, 4) is 0 Å². The van der Waals surface area contributed by atoms with Crippen molar-refractivity contribution in [3.05, 3.63) is 0 Å². The van der Waals surface area contributed by atoms with Crippen molar-refractivity contribution in [2.45, 2.75) is 26.6 Å². The molecule has 1 saturated heterocycles. The largest absolute Gasteiger partial charge is 0.350 e. The molecule has 1 rings (SSSR count). The van der Waals surface area contributed by atoms with Crippen molar-refractivity contribution in [1.82, 2.24) is 0 Å². The van der Waals surface area contributed by atoms with Crippen LogP contribution in [0.5, 0.6) is 0 Å². The van der Waals surface area contributed by atoms with E-state index in [4.69, 9.17) is 15.2 Å². The van der Waals surface area contributed by atoms with Gasteiger partial charge in [0, 0.05) is 12.0 Å². The lowest BCUT2D eigenvalue weighted by molar-refractivity contribution is -0.280. The van der Waals surface area contributed by atoms with Crippen LogP contribution in [0.15, 0.2) is 0 Å². The molecule has 11 heavy (non-hydrogen) atoms. The second-order valence-electron chi connectivity index (χ2n) is 3.99. The van der Waals surface area contributed by atoms with Gasteiger partial charge in [-0.05, 0) is 13.8 Å². The lowest BCUT2D eigenvalue weighted by Gasteiger charge is -2.40. The standard InChI is InChI=1S/C8H17NO2/c1-7(2)10-5-8(3,4-9)6-11-7/h4-6,9H2,1-3H3. The van der Waals surface area contributed by atoms with Crippen molar-refractivity contribution >= 4 is 0 Å². The lowest BCUT2D eigenvalue weighted by Crippen LogP contribution is -2.48. The number of ether oxygens (including phenoxy) is 2. The Labute approximate surface area is 67.9 Å². The van der Waals surface area contributed by atoms with Crippen LogP contribution in [0.2, 0.25) is 0 Å². The van der Waals surface area contributed by atoms with Crippen molar-refractivity contribution in [2.24, 2.45) is 11.1 Å². The molecular formula is C8H17NO2. The fourth-order valence-electron chi connectivity index (χ4n) is 0.897. The van der Waals surface area contributed by atoms with Gasteiger partial charge in [-0.15, -0.1) is 0 Å². The molecule has 0 spiro atoms. The van der Waals surface area contributed by atoms with Gasteiger partial charge in [-0.3, -0.25) is 0 Å². The quantitative estimate of drug-likeness (QED) is 0.613. The third-order valence-corrected chi connectivity index (χ3v) is 2.03. The summed E-state index contributed by atoms with van der Waals surface area (Å²) in [6, 6.07) is 0. The Hall–Kier alpha value is -0.120. The molecule has 0 aromatic carbocycles. The highest BCUT2D eigenvalue weighted by Crippen LogP contribution is 2.27.